The van der Waals surface area contributed by atoms with E-state index in [1.807, 2.05) is 0 Å². The first kappa shape index (κ1) is 17.0. The fourth-order valence-corrected chi connectivity index (χ4v) is 3.27. The van der Waals surface area contributed by atoms with E-state index in [0.717, 1.165) is 18.2 Å². The second kappa shape index (κ2) is 6.39. The number of allylic oxidation sites excluding steroid dienone is 6. The van der Waals surface area contributed by atoms with Crippen LogP contribution in [0.25, 0.3) is 0 Å². The van der Waals surface area contributed by atoms with Gasteiger partial charge in [-0.05, 0) is 35.4 Å². The number of aromatic carboxylic acids is 1. The zero-order valence-electron chi connectivity index (χ0n) is 11.8. The molecule has 0 spiro atoms. The Morgan fingerprint density at radius 1 is 1.13 bits per heavy atom. The van der Waals surface area contributed by atoms with Crippen molar-refractivity contribution in [2.24, 2.45) is 4.40 Å². The van der Waals surface area contributed by atoms with Crippen molar-refractivity contribution in [2.75, 3.05) is 0 Å². The third-order valence-corrected chi connectivity index (χ3v) is 4.73. The van der Waals surface area contributed by atoms with Gasteiger partial charge in [-0.2, -0.15) is 12.8 Å². The minimum absolute atomic E-state index is 0.0879. The summed E-state index contributed by atoms with van der Waals surface area (Å²) in [7, 11) is -4.22. The third kappa shape index (κ3) is 3.88. The van der Waals surface area contributed by atoms with Crippen LogP contribution in [-0.2, 0) is 10.0 Å². The number of carbonyl (C=O) groups excluding carboxylic acids is 1. The highest BCUT2D eigenvalue weighted by molar-refractivity contribution is 7.90. The zero-order valence-corrected chi connectivity index (χ0v) is 13.4. The van der Waals surface area contributed by atoms with Crippen molar-refractivity contribution in [3.63, 3.8) is 0 Å². The average Bonchev–Trinajstić information content (AvgIpc) is 2.47. The van der Waals surface area contributed by atoms with Crippen LogP contribution in [0.1, 0.15) is 17.3 Å². The van der Waals surface area contributed by atoms with Gasteiger partial charge < -0.3 is 15.0 Å². The van der Waals surface area contributed by atoms with Gasteiger partial charge >= 0.3 is 0 Å². The molecule has 1 aromatic rings. The van der Waals surface area contributed by atoms with Crippen LogP contribution < -0.4 is 10.2 Å². The maximum Gasteiger partial charge on any atom is 0.284 e. The summed E-state index contributed by atoms with van der Waals surface area (Å²) in [6, 6.07) is 3.17. The quantitative estimate of drug-likeness (QED) is 0.740. The molecule has 0 saturated heterocycles. The van der Waals surface area contributed by atoms with Crippen LogP contribution in [0.5, 0.6) is 0 Å². The number of benzene rings is 1. The smallest absolute Gasteiger partial charge is 0.284 e. The molecule has 0 unspecified atom stereocenters. The van der Waals surface area contributed by atoms with Crippen LogP contribution in [0.2, 0.25) is 5.02 Å². The lowest BCUT2D eigenvalue weighted by Gasteiger charge is -2.11. The number of sulfonamides is 1. The summed E-state index contributed by atoms with van der Waals surface area (Å²) >= 11 is 5.82. The Bertz CT molecular complexity index is 872. The van der Waals surface area contributed by atoms with Crippen LogP contribution in [-0.4, -0.2) is 20.1 Å². The topological polar surface area (TPSA) is 110 Å². The summed E-state index contributed by atoms with van der Waals surface area (Å²) < 4.78 is 28.2. The molecule has 0 heterocycles. The lowest BCUT2D eigenvalue weighted by Crippen LogP contribution is -2.22. The second-order valence-electron chi connectivity index (χ2n) is 4.60. The van der Waals surface area contributed by atoms with E-state index in [9.17, 15) is 23.4 Å². The molecule has 0 saturated carbocycles. The van der Waals surface area contributed by atoms with Gasteiger partial charge in [0.15, 0.2) is 0 Å². The van der Waals surface area contributed by atoms with Gasteiger partial charge in [0.2, 0.25) is 0 Å². The summed E-state index contributed by atoms with van der Waals surface area (Å²) in [5.41, 5.74) is 0.179. The van der Waals surface area contributed by atoms with Crippen LogP contribution in [0.15, 0.2) is 63.1 Å². The number of carboxylic acid groups (broad SMARTS) is 1. The van der Waals surface area contributed by atoms with E-state index in [1.54, 1.807) is 0 Å². The number of rotatable bonds is 3. The first-order valence-electron chi connectivity index (χ1n) is 6.30. The van der Waals surface area contributed by atoms with Crippen molar-refractivity contribution in [1.29, 1.82) is 0 Å². The minimum atomic E-state index is -4.22. The molecule has 0 atom stereocenters. The maximum atomic E-state index is 12.3. The third-order valence-electron chi connectivity index (χ3n) is 2.94. The van der Waals surface area contributed by atoms with E-state index in [4.69, 9.17) is 11.6 Å². The van der Waals surface area contributed by atoms with Crippen molar-refractivity contribution >= 4 is 33.3 Å². The normalized spacial score (nSPS) is 14.0. The maximum absolute atomic E-state index is 12.3. The Balaban J connectivity index is 2.45. The summed E-state index contributed by atoms with van der Waals surface area (Å²) in [5, 5.41) is 21.9. The molecule has 0 N–H and O–H groups in total. The van der Waals surface area contributed by atoms with Gasteiger partial charge in [-0.3, -0.25) is 0 Å². The highest BCUT2D eigenvalue weighted by Gasteiger charge is 2.18. The Kier molecular flexibility index (Phi) is 4.72. The van der Waals surface area contributed by atoms with Gasteiger partial charge in [0.05, 0.1) is 16.7 Å². The predicted octanol–water partition coefficient (Wildman–Crippen LogP) is 0.593. The average molecular weight is 352 g/mol. The number of carbonyl (C=O) groups is 1. The number of hydrogen-bond donors (Lipinski definition) is 0. The van der Waals surface area contributed by atoms with Crippen LogP contribution in [0, 0.1) is 0 Å². The number of hydrogen-bond acceptors (Lipinski definition) is 5. The van der Waals surface area contributed by atoms with E-state index < -0.39 is 20.9 Å². The fraction of sp³-hybridized carbons (Fsp3) is 0.0667. The number of carboxylic acids is 1. The van der Waals surface area contributed by atoms with Crippen molar-refractivity contribution in [2.45, 2.75) is 11.8 Å². The van der Waals surface area contributed by atoms with E-state index in [1.165, 1.54) is 31.2 Å². The summed E-state index contributed by atoms with van der Waals surface area (Å²) in [4.78, 5) is 10.4. The van der Waals surface area contributed by atoms with Crippen molar-refractivity contribution in [1.82, 2.24) is 0 Å². The molecular formula is C15H10ClNO5S-2. The van der Waals surface area contributed by atoms with E-state index >= 15 is 0 Å². The SMILES string of the molecule is CC([O-])=C1C=CC(=NS(=O)(=O)c2cc(C(=O)[O-])ccc2Cl)C=C1. The first-order chi connectivity index (χ1) is 10.7. The molecule has 1 aliphatic carbocycles. The molecule has 1 aromatic carbocycles. The van der Waals surface area contributed by atoms with Crippen molar-refractivity contribution < 1.29 is 23.4 Å². The largest absolute Gasteiger partial charge is 0.875 e. The molecule has 6 nitrogen and oxygen atoms in total. The predicted molar refractivity (Wildman–Crippen MR) is 81.4 cm³/mol. The molecule has 8 heteroatoms. The second-order valence-corrected chi connectivity index (χ2v) is 6.58. The van der Waals surface area contributed by atoms with Crippen LogP contribution in [0.4, 0.5) is 0 Å². The monoisotopic (exact) mass is 351 g/mol. The van der Waals surface area contributed by atoms with Crippen molar-refractivity contribution in [3.8, 4) is 0 Å². The highest BCUT2D eigenvalue weighted by Crippen LogP contribution is 2.25. The van der Waals surface area contributed by atoms with E-state index in [0.29, 0.717) is 5.57 Å². The Hall–Kier alpha value is -2.38. The summed E-state index contributed by atoms with van der Waals surface area (Å²) in [6.07, 6.45) is 5.61. The Morgan fingerprint density at radius 2 is 1.74 bits per heavy atom. The number of halogens is 1. The molecule has 0 aromatic heterocycles. The van der Waals surface area contributed by atoms with E-state index in [-0.39, 0.29) is 22.1 Å². The minimum Gasteiger partial charge on any atom is -0.875 e. The standard InChI is InChI=1S/C15H12ClNO5S/c1-9(18)10-2-5-12(6-3-10)17-23(21,22)14-8-11(15(19)20)4-7-13(14)16/h2-8,18H,1H3,(H,19,20)/p-2. The molecule has 1 aliphatic rings. The van der Waals surface area contributed by atoms with Crippen LogP contribution in [0.3, 0.4) is 0 Å². The highest BCUT2D eigenvalue weighted by atomic mass is 35.5. The molecular weight excluding hydrogens is 342 g/mol. The fourth-order valence-electron chi connectivity index (χ4n) is 1.77. The van der Waals surface area contributed by atoms with Crippen molar-refractivity contribution in [3.05, 3.63) is 64.4 Å². The molecule has 0 bridgehead atoms. The lowest BCUT2D eigenvalue weighted by molar-refractivity contribution is -0.302. The molecule has 0 aliphatic heterocycles. The molecule has 2 rings (SSSR count). The van der Waals surface area contributed by atoms with Gasteiger partial charge in [0.25, 0.3) is 10.0 Å². The van der Waals surface area contributed by atoms with Gasteiger partial charge in [-0.15, -0.1) is 5.76 Å². The van der Waals surface area contributed by atoms with Crippen LogP contribution >= 0.6 is 11.6 Å². The van der Waals surface area contributed by atoms with E-state index in [2.05, 4.69) is 4.40 Å². The molecule has 120 valence electrons. The molecule has 0 amide bonds. The van der Waals surface area contributed by atoms with Gasteiger partial charge in [-0.1, -0.05) is 36.7 Å². The van der Waals surface area contributed by atoms with Gasteiger partial charge in [0.1, 0.15) is 4.90 Å². The summed E-state index contributed by atoms with van der Waals surface area (Å²) in [6.45, 7) is 1.38. The number of nitrogens with zero attached hydrogens (tertiary/aromatic N) is 1. The lowest BCUT2D eigenvalue weighted by atomic mass is 10.1. The Morgan fingerprint density at radius 3 is 2.26 bits per heavy atom. The molecule has 0 radical (unpaired) electrons. The van der Waals surface area contributed by atoms with Gasteiger partial charge in [-0.25, -0.2) is 0 Å². The summed E-state index contributed by atoms with van der Waals surface area (Å²) in [5.74, 6) is -1.69. The molecule has 23 heavy (non-hydrogen) atoms. The first-order valence-corrected chi connectivity index (χ1v) is 8.12. The molecule has 0 fully saturated rings. The van der Waals surface area contributed by atoms with Gasteiger partial charge in [0, 0.05) is 0 Å². The Labute approximate surface area is 137 Å². The zero-order chi connectivity index (χ0) is 17.2.